The minimum Gasteiger partial charge on any atom is -0.469 e. The highest BCUT2D eigenvalue weighted by Crippen LogP contribution is 2.19. The first kappa shape index (κ1) is 15.2. The summed E-state index contributed by atoms with van der Waals surface area (Å²) in [4.78, 5) is 10.4. The van der Waals surface area contributed by atoms with Crippen LogP contribution in [0.4, 0.5) is 10.1 Å². The van der Waals surface area contributed by atoms with E-state index in [-0.39, 0.29) is 18.3 Å². The highest BCUT2D eigenvalue weighted by Gasteiger charge is 2.15. The van der Waals surface area contributed by atoms with Gasteiger partial charge in [-0.25, -0.2) is 4.39 Å². The van der Waals surface area contributed by atoms with E-state index < -0.39 is 10.7 Å². The van der Waals surface area contributed by atoms with Crippen LogP contribution in [0.5, 0.6) is 0 Å². The van der Waals surface area contributed by atoms with Gasteiger partial charge in [-0.3, -0.25) is 10.1 Å². The third kappa shape index (κ3) is 4.39. The van der Waals surface area contributed by atoms with E-state index in [1.807, 2.05) is 19.1 Å². The molecular formula is C15H17FN2O3. The van der Waals surface area contributed by atoms with Crippen molar-refractivity contribution in [3.05, 3.63) is 63.9 Å². The second-order valence-corrected chi connectivity index (χ2v) is 4.93. The van der Waals surface area contributed by atoms with Gasteiger partial charge in [0.1, 0.15) is 11.6 Å². The fourth-order valence-electron chi connectivity index (χ4n) is 2.07. The molecule has 1 N–H and O–H groups in total. The number of nitrogens with zero attached hydrogens (tertiary/aromatic N) is 1. The van der Waals surface area contributed by atoms with Crippen LogP contribution in [-0.4, -0.2) is 11.0 Å². The molecule has 1 atom stereocenters. The van der Waals surface area contributed by atoms with Crippen molar-refractivity contribution in [1.82, 2.24) is 5.32 Å². The molecule has 0 bridgehead atoms. The van der Waals surface area contributed by atoms with Gasteiger partial charge in [0.15, 0.2) is 0 Å². The molecular weight excluding hydrogens is 275 g/mol. The van der Waals surface area contributed by atoms with Crippen molar-refractivity contribution in [1.29, 1.82) is 0 Å². The Balaban J connectivity index is 1.90. The molecule has 2 aromatic rings. The zero-order valence-corrected chi connectivity index (χ0v) is 11.7. The number of benzene rings is 1. The third-order valence-corrected chi connectivity index (χ3v) is 3.28. The largest absolute Gasteiger partial charge is 0.469 e. The number of nitro groups is 1. The highest BCUT2D eigenvalue weighted by molar-refractivity contribution is 5.40. The Morgan fingerprint density at radius 3 is 2.90 bits per heavy atom. The van der Waals surface area contributed by atoms with Crippen molar-refractivity contribution in [2.75, 3.05) is 0 Å². The van der Waals surface area contributed by atoms with Crippen LogP contribution in [0.3, 0.4) is 0 Å². The lowest BCUT2D eigenvalue weighted by molar-refractivity contribution is -0.385. The maximum Gasteiger partial charge on any atom is 0.274 e. The SMILES string of the molecule is CC(CCc1ccco1)NCc1cc(F)ccc1[N+](=O)[O-]. The van der Waals surface area contributed by atoms with Crippen molar-refractivity contribution in [2.24, 2.45) is 0 Å². The maximum absolute atomic E-state index is 13.2. The minimum absolute atomic E-state index is 0.0675. The number of hydrogen-bond acceptors (Lipinski definition) is 4. The van der Waals surface area contributed by atoms with Crippen LogP contribution in [-0.2, 0) is 13.0 Å². The van der Waals surface area contributed by atoms with Gasteiger partial charge in [-0.05, 0) is 37.6 Å². The molecule has 2 rings (SSSR count). The predicted octanol–water partition coefficient (Wildman–Crippen LogP) is 3.44. The van der Waals surface area contributed by atoms with Crippen molar-refractivity contribution >= 4 is 5.69 Å². The molecule has 1 aromatic carbocycles. The van der Waals surface area contributed by atoms with E-state index in [4.69, 9.17) is 4.42 Å². The lowest BCUT2D eigenvalue weighted by atomic mass is 10.1. The van der Waals surface area contributed by atoms with Gasteiger partial charge in [-0.15, -0.1) is 0 Å². The maximum atomic E-state index is 13.2. The fraction of sp³-hybridized carbons (Fsp3) is 0.333. The Labute approximate surface area is 121 Å². The van der Waals surface area contributed by atoms with E-state index in [0.717, 1.165) is 24.7 Å². The lowest BCUT2D eigenvalue weighted by Crippen LogP contribution is -2.26. The van der Waals surface area contributed by atoms with Gasteiger partial charge in [0.2, 0.25) is 0 Å². The molecule has 0 aliphatic carbocycles. The van der Waals surface area contributed by atoms with Crippen molar-refractivity contribution in [3.8, 4) is 0 Å². The Morgan fingerprint density at radius 1 is 1.43 bits per heavy atom. The normalized spacial score (nSPS) is 12.3. The summed E-state index contributed by atoms with van der Waals surface area (Å²) in [5.41, 5.74) is 0.284. The van der Waals surface area contributed by atoms with Crippen LogP contribution in [0, 0.1) is 15.9 Å². The van der Waals surface area contributed by atoms with Crippen LogP contribution in [0.2, 0.25) is 0 Å². The molecule has 21 heavy (non-hydrogen) atoms. The van der Waals surface area contributed by atoms with Gasteiger partial charge in [0.25, 0.3) is 5.69 Å². The quantitative estimate of drug-likeness (QED) is 0.627. The number of hydrogen-bond donors (Lipinski definition) is 1. The van der Waals surface area contributed by atoms with Gasteiger partial charge in [-0.1, -0.05) is 0 Å². The topological polar surface area (TPSA) is 68.3 Å². The summed E-state index contributed by atoms with van der Waals surface area (Å²) in [6, 6.07) is 7.37. The summed E-state index contributed by atoms with van der Waals surface area (Å²) in [7, 11) is 0. The lowest BCUT2D eigenvalue weighted by Gasteiger charge is -2.13. The molecule has 0 fully saturated rings. The number of nitro benzene ring substituents is 1. The molecule has 112 valence electrons. The molecule has 0 aliphatic rings. The molecule has 1 aromatic heterocycles. The first-order valence-corrected chi connectivity index (χ1v) is 6.75. The zero-order chi connectivity index (χ0) is 15.2. The Bertz CT molecular complexity index is 599. The van der Waals surface area contributed by atoms with Crippen molar-refractivity contribution in [2.45, 2.75) is 32.4 Å². The number of rotatable bonds is 7. The number of aryl methyl sites for hydroxylation is 1. The average Bonchev–Trinajstić information content (AvgIpc) is 2.96. The van der Waals surface area contributed by atoms with Gasteiger partial charge in [0.05, 0.1) is 11.2 Å². The van der Waals surface area contributed by atoms with E-state index in [9.17, 15) is 14.5 Å². The molecule has 0 amide bonds. The van der Waals surface area contributed by atoms with Gasteiger partial charge in [-0.2, -0.15) is 0 Å². The summed E-state index contributed by atoms with van der Waals surface area (Å²) in [5.74, 6) is 0.432. The van der Waals surface area contributed by atoms with E-state index in [0.29, 0.717) is 5.56 Å². The van der Waals surface area contributed by atoms with Crippen LogP contribution < -0.4 is 5.32 Å². The Hall–Kier alpha value is -2.21. The summed E-state index contributed by atoms with van der Waals surface area (Å²) in [5, 5.41) is 14.1. The molecule has 0 aliphatic heterocycles. The van der Waals surface area contributed by atoms with Crippen LogP contribution in [0.15, 0.2) is 41.0 Å². The van der Waals surface area contributed by atoms with Gasteiger partial charge >= 0.3 is 0 Å². The Kier molecular flexibility index (Phi) is 5.05. The first-order valence-electron chi connectivity index (χ1n) is 6.75. The molecule has 0 saturated heterocycles. The number of furan rings is 1. The zero-order valence-electron chi connectivity index (χ0n) is 11.7. The van der Waals surface area contributed by atoms with Gasteiger partial charge < -0.3 is 9.73 Å². The van der Waals surface area contributed by atoms with Crippen LogP contribution in [0.25, 0.3) is 0 Å². The summed E-state index contributed by atoms with van der Waals surface area (Å²) < 4.78 is 18.5. The first-order chi connectivity index (χ1) is 10.1. The highest BCUT2D eigenvalue weighted by atomic mass is 19.1. The molecule has 1 heterocycles. The summed E-state index contributed by atoms with van der Waals surface area (Å²) >= 11 is 0. The van der Waals surface area contributed by atoms with E-state index in [1.54, 1.807) is 6.26 Å². The van der Waals surface area contributed by atoms with Gasteiger partial charge in [0, 0.05) is 30.6 Å². The van der Waals surface area contributed by atoms with Crippen molar-refractivity contribution in [3.63, 3.8) is 0 Å². The van der Waals surface area contributed by atoms with E-state index in [1.165, 1.54) is 12.1 Å². The predicted molar refractivity (Wildman–Crippen MR) is 76.4 cm³/mol. The molecule has 6 heteroatoms. The Morgan fingerprint density at radius 2 is 2.24 bits per heavy atom. The second kappa shape index (κ2) is 6.99. The number of halogens is 1. The molecule has 1 unspecified atom stereocenters. The monoisotopic (exact) mass is 292 g/mol. The fourth-order valence-corrected chi connectivity index (χ4v) is 2.07. The summed E-state index contributed by atoms with van der Waals surface area (Å²) in [6.07, 6.45) is 3.24. The average molecular weight is 292 g/mol. The van der Waals surface area contributed by atoms with E-state index >= 15 is 0 Å². The standard InChI is InChI=1S/C15H17FN2O3/c1-11(4-6-14-3-2-8-21-14)17-10-12-9-13(16)5-7-15(12)18(19)20/h2-3,5,7-9,11,17H,4,6,10H2,1H3. The minimum atomic E-state index is -0.496. The van der Waals surface area contributed by atoms with Crippen molar-refractivity contribution < 1.29 is 13.7 Å². The molecule has 0 radical (unpaired) electrons. The van der Waals surface area contributed by atoms with Crippen LogP contribution >= 0.6 is 0 Å². The molecule has 0 spiro atoms. The second-order valence-electron chi connectivity index (χ2n) is 4.93. The van der Waals surface area contributed by atoms with E-state index in [2.05, 4.69) is 5.32 Å². The summed E-state index contributed by atoms with van der Waals surface area (Å²) in [6.45, 7) is 2.24. The number of nitrogens with one attached hydrogen (secondary N) is 1. The van der Waals surface area contributed by atoms with Crippen LogP contribution in [0.1, 0.15) is 24.7 Å². The smallest absolute Gasteiger partial charge is 0.274 e. The molecule has 0 saturated carbocycles. The molecule has 5 nitrogen and oxygen atoms in total. The third-order valence-electron chi connectivity index (χ3n) is 3.28.